The van der Waals surface area contributed by atoms with E-state index >= 15 is 0 Å². The number of piperidine rings is 2. The van der Waals surface area contributed by atoms with E-state index in [1.54, 1.807) is 0 Å². The van der Waals surface area contributed by atoms with Gasteiger partial charge in [-0.15, -0.1) is 12.4 Å². The maximum atomic E-state index is 12.4. The van der Waals surface area contributed by atoms with Crippen LogP contribution in [0.15, 0.2) is 0 Å². The zero-order valence-electron chi connectivity index (χ0n) is 12.2. The SMILES string of the molecule is CNCC1CCN(C(=O)N2CCC(C)CC2)CC1.Cl. The third-order valence-corrected chi connectivity index (χ3v) is 4.43. The van der Waals surface area contributed by atoms with Crippen molar-refractivity contribution < 1.29 is 4.79 Å². The van der Waals surface area contributed by atoms with Crippen LogP contribution in [0, 0.1) is 11.8 Å². The summed E-state index contributed by atoms with van der Waals surface area (Å²) in [5.41, 5.74) is 0. The minimum Gasteiger partial charge on any atom is -0.325 e. The van der Waals surface area contributed by atoms with Crippen molar-refractivity contribution in [3.8, 4) is 0 Å². The topological polar surface area (TPSA) is 35.6 Å². The molecule has 2 heterocycles. The fourth-order valence-corrected chi connectivity index (χ4v) is 3.02. The van der Waals surface area contributed by atoms with Gasteiger partial charge in [-0.25, -0.2) is 4.79 Å². The number of halogens is 1. The van der Waals surface area contributed by atoms with Gasteiger partial charge in [-0.05, 0) is 51.1 Å². The summed E-state index contributed by atoms with van der Waals surface area (Å²) in [5.74, 6) is 1.54. The van der Waals surface area contributed by atoms with Crippen molar-refractivity contribution in [2.24, 2.45) is 11.8 Å². The van der Waals surface area contributed by atoms with Crippen LogP contribution in [-0.2, 0) is 0 Å². The Labute approximate surface area is 123 Å². The van der Waals surface area contributed by atoms with Gasteiger partial charge in [0.25, 0.3) is 0 Å². The number of carbonyl (C=O) groups is 1. The van der Waals surface area contributed by atoms with Gasteiger partial charge < -0.3 is 15.1 Å². The van der Waals surface area contributed by atoms with Crippen molar-refractivity contribution in [1.29, 1.82) is 0 Å². The number of rotatable bonds is 2. The van der Waals surface area contributed by atoms with E-state index < -0.39 is 0 Å². The van der Waals surface area contributed by atoms with E-state index in [-0.39, 0.29) is 18.4 Å². The molecule has 0 saturated carbocycles. The molecule has 0 aromatic heterocycles. The van der Waals surface area contributed by atoms with E-state index in [0.29, 0.717) is 0 Å². The normalized spacial score (nSPS) is 22.2. The summed E-state index contributed by atoms with van der Waals surface area (Å²) in [6.07, 6.45) is 4.64. The highest BCUT2D eigenvalue weighted by molar-refractivity contribution is 5.85. The second-order valence-electron chi connectivity index (χ2n) is 5.94. The molecule has 0 radical (unpaired) electrons. The van der Waals surface area contributed by atoms with Crippen molar-refractivity contribution >= 4 is 18.4 Å². The smallest absolute Gasteiger partial charge is 0.319 e. The van der Waals surface area contributed by atoms with Crippen LogP contribution >= 0.6 is 12.4 Å². The maximum absolute atomic E-state index is 12.4. The molecule has 2 fully saturated rings. The first kappa shape index (κ1) is 16.6. The summed E-state index contributed by atoms with van der Waals surface area (Å²) < 4.78 is 0. The first-order chi connectivity index (χ1) is 8.70. The van der Waals surface area contributed by atoms with Crippen LogP contribution in [0.3, 0.4) is 0 Å². The van der Waals surface area contributed by atoms with E-state index in [4.69, 9.17) is 0 Å². The van der Waals surface area contributed by atoms with Crippen LogP contribution in [0.5, 0.6) is 0 Å². The number of nitrogens with zero attached hydrogens (tertiary/aromatic N) is 2. The van der Waals surface area contributed by atoms with Crippen LogP contribution in [0.2, 0.25) is 0 Å². The van der Waals surface area contributed by atoms with Gasteiger partial charge >= 0.3 is 6.03 Å². The van der Waals surface area contributed by atoms with Gasteiger partial charge in [0.15, 0.2) is 0 Å². The van der Waals surface area contributed by atoms with E-state index in [1.807, 2.05) is 7.05 Å². The Balaban J connectivity index is 0.00000180. The van der Waals surface area contributed by atoms with Crippen molar-refractivity contribution in [1.82, 2.24) is 15.1 Å². The van der Waals surface area contributed by atoms with Crippen molar-refractivity contribution in [3.63, 3.8) is 0 Å². The quantitative estimate of drug-likeness (QED) is 0.846. The third-order valence-electron chi connectivity index (χ3n) is 4.43. The largest absolute Gasteiger partial charge is 0.325 e. The minimum absolute atomic E-state index is 0. The maximum Gasteiger partial charge on any atom is 0.319 e. The van der Waals surface area contributed by atoms with Crippen LogP contribution in [0.25, 0.3) is 0 Å². The molecule has 5 heteroatoms. The number of likely N-dealkylation sites (tertiary alicyclic amines) is 2. The summed E-state index contributed by atoms with van der Waals surface area (Å²) in [6.45, 7) is 7.16. The highest BCUT2D eigenvalue weighted by Crippen LogP contribution is 2.21. The zero-order chi connectivity index (χ0) is 13.0. The van der Waals surface area contributed by atoms with E-state index in [1.165, 1.54) is 12.8 Å². The number of amides is 2. The molecule has 0 spiro atoms. The summed E-state index contributed by atoms with van der Waals surface area (Å²) in [7, 11) is 2.01. The van der Waals surface area contributed by atoms with E-state index in [9.17, 15) is 4.79 Å². The van der Waals surface area contributed by atoms with Gasteiger partial charge in [-0.3, -0.25) is 0 Å². The first-order valence-electron chi connectivity index (χ1n) is 7.39. The molecule has 2 aliphatic heterocycles. The number of hydrogen-bond donors (Lipinski definition) is 1. The molecule has 2 rings (SSSR count). The highest BCUT2D eigenvalue weighted by atomic mass is 35.5. The molecular weight excluding hydrogens is 262 g/mol. The number of urea groups is 1. The predicted molar refractivity (Wildman–Crippen MR) is 80.8 cm³/mol. The molecule has 4 nitrogen and oxygen atoms in total. The molecule has 0 aliphatic carbocycles. The monoisotopic (exact) mass is 289 g/mol. The Morgan fingerprint density at radius 3 is 2.00 bits per heavy atom. The summed E-state index contributed by atoms with van der Waals surface area (Å²) in [4.78, 5) is 16.5. The first-order valence-corrected chi connectivity index (χ1v) is 7.39. The lowest BCUT2D eigenvalue weighted by molar-refractivity contribution is 0.118. The predicted octanol–water partition coefficient (Wildman–Crippen LogP) is 2.19. The second-order valence-corrected chi connectivity index (χ2v) is 5.94. The molecule has 2 saturated heterocycles. The van der Waals surface area contributed by atoms with Crippen molar-refractivity contribution in [3.05, 3.63) is 0 Å². The van der Waals surface area contributed by atoms with Crippen molar-refractivity contribution in [2.45, 2.75) is 32.6 Å². The Morgan fingerprint density at radius 1 is 1.05 bits per heavy atom. The number of nitrogens with one attached hydrogen (secondary N) is 1. The van der Waals surface area contributed by atoms with E-state index in [0.717, 1.165) is 57.4 Å². The zero-order valence-corrected chi connectivity index (χ0v) is 13.0. The fourth-order valence-electron chi connectivity index (χ4n) is 3.02. The molecule has 1 N–H and O–H groups in total. The average molecular weight is 290 g/mol. The van der Waals surface area contributed by atoms with Gasteiger partial charge in [0.1, 0.15) is 0 Å². The summed E-state index contributed by atoms with van der Waals surface area (Å²) in [5, 5.41) is 3.24. The van der Waals surface area contributed by atoms with Gasteiger partial charge in [0.05, 0.1) is 0 Å². The van der Waals surface area contributed by atoms with Gasteiger partial charge in [0.2, 0.25) is 0 Å². The number of hydrogen-bond acceptors (Lipinski definition) is 2. The lowest BCUT2D eigenvalue weighted by Crippen LogP contribution is -2.49. The Kier molecular flexibility index (Phi) is 6.94. The number of carbonyl (C=O) groups excluding carboxylic acids is 1. The van der Waals surface area contributed by atoms with Crippen molar-refractivity contribution in [2.75, 3.05) is 39.8 Å². The Bertz CT molecular complexity index is 272. The lowest BCUT2D eigenvalue weighted by atomic mass is 9.96. The minimum atomic E-state index is 0. The lowest BCUT2D eigenvalue weighted by Gasteiger charge is -2.38. The average Bonchev–Trinajstić information content (AvgIpc) is 2.40. The Morgan fingerprint density at radius 2 is 1.53 bits per heavy atom. The molecule has 0 aromatic rings. The Hall–Kier alpha value is -0.480. The van der Waals surface area contributed by atoms with Crippen LogP contribution in [0.4, 0.5) is 4.79 Å². The van der Waals surface area contributed by atoms with Crippen LogP contribution in [-0.4, -0.2) is 55.6 Å². The third kappa shape index (κ3) is 4.53. The molecule has 0 bridgehead atoms. The summed E-state index contributed by atoms with van der Waals surface area (Å²) in [6, 6.07) is 0.282. The molecule has 112 valence electrons. The highest BCUT2D eigenvalue weighted by Gasteiger charge is 2.27. The molecule has 0 atom stereocenters. The van der Waals surface area contributed by atoms with Gasteiger partial charge in [0, 0.05) is 26.2 Å². The van der Waals surface area contributed by atoms with Gasteiger partial charge in [-0.2, -0.15) is 0 Å². The van der Waals surface area contributed by atoms with E-state index in [2.05, 4.69) is 22.0 Å². The molecule has 0 aromatic carbocycles. The molecule has 2 amide bonds. The van der Waals surface area contributed by atoms with Crippen LogP contribution in [0.1, 0.15) is 32.6 Å². The second kappa shape index (κ2) is 7.95. The molecule has 0 unspecified atom stereocenters. The molecule has 19 heavy (non-hydrogen) atoms. The molecular formula is C14H28ClN3O. The van der Waals surface area contributed by atoms with Gasteiger partial charge in [-0.1, -0.05) is 6.92 Å². The standard InChI is InChI=1S/C14H27N3O.ClH/c1-12-3-7-16(8-4-12)14(18)17-9-5-13(6-10-17)11-15-2;/h12-13,15H,3-11H2,1-2H3;1H. The fraction of sp³-hybridized carbons (Fsp3) is 0.929. The summed E-state index contributed by atoms with van der Waals surface area (Å²) >= 11 is 0. The van der Waals surface area contributed by atoms with Crippen LogP contribution < -0.4 is 5.32 Å². The molecule has 2 aliphatic rings.